The van der Waals surface area contributed by atoms with E-state index in [1.165, 1.54) is 12.8 Å². The number of carbonyl (C=O) groups is 2. The Hall–Kier alpha value is -1.87. The number of hydrogen-bond acceptors (Lipinski definition) is 7. The Bertz CT molecular complexity index is 571. The van der Waals surface area contributed by atoms with Crippen molar-refractivity contribution in [2.75, 3.05) is 19.7 Å². The number of amidine groups is 1. The van der Waals surface area contributed by atoms with E-state index in [9.17, 15) is 9.59 Å². The fourth-order valence-electron chi connectivity index (χ4n) is 4.72. The van der Waals surface area contributed by atoms with Crippen LogP contribution in [0.4, 0.5) is 0 Å². The van der Waals surface area contributed by atoms with Crippen LogP contribution in [0.2, 0.25) is 0 Å². The van der Waals surface area contributed by atoms with E-state index in [0.29, 0.717) is 43.2 Å². The molecule has 9 heteroatoms. The maximum absolute atomic E-state index is 12.5. The van der Waals surface area contributed by atoms with Crippen LogP contribution in [-0.2, 0) is 14.3 Å². The van der Waals surface area contributed by atoms with Gasteiger partial charge >= 0.3 is 5.97 Å². The number of rotatable bonds is 12. The minimum Gasteiger partial charge on any atom is -0.465 e. The van der Waals surface area contributed by atoms with Crippen LogP contribution in [0.3, 0.4) is 0 Å². The average Bonchev–Trinajstić information content (AvgIpc) is 2.74. The molecule has 2 fully saturated rings. The molecule has 7 N–H and O–H groups in total. The second-order valence-electron chi connectivity index (χ2n) is 8.60. The zero-order valence-corrected chi connectivity index (χ0v) is 18.3. The molecule has 2 rings (SSSR count). The fraction of sp³-hybridized carbons (Fsp3) is 0.857. The molecule has 0 aromatic heterocycles. The van der Waals surface area contributed by atoms with Gasteiger partial charge in [-0.3, -0.25) is 9.59 Å². The second-order valence-corrected chi connectivity index (χ2v) is 8.60. The Balaban J connectivity index is 1.64. The molecule has 1 saturated carbocycles. The molecular weight excluding hydrogens is 384 g/mol. The van der Waals surface area contributed by atoms with Crippen LogP contribution in [0, 0.1) is 17.8 Å². The van der Waals surface area contributed by atoms with Gasteiger partial charge in [-0.1, -0.05) is 6.42 Å². The topological polar surface area (TPSA) is 144 Å². The summed E-state index contributed by atoms with van der Waals surface area (Å²) in [5, 5.41) is 10.0. The number of fused-ring (bicyclic) bond motifs is 1. The molecule has 1 saturated heterocycles. The molecule has 1 heterocycles. The van der Waals surface area contributed by atoms with Crippen molar-refractivity contribution in [1.82, 2.24) is 16.2 Å². The first-order chi connectivity index (χ1) is 14.5. The molecule has 2 aliphatic rings. The van der Waals surface area contributed by atoms with Crippen molar-refractivity contribution in [2.24, 2.45) is 34.4 Å². The van der Waals surface area contributed by atoms with Crippen molar-refractivity contribution in [3.63, 3.8) is 0 Å². The number of hydrogen-bond donors (Lipinski definition) is 5. The van der Waals surface area contributed by atoms with E-state index in [4.69, 9.17) is 16.3 Å². The first kappa shape index (κ1) is 24.4. The van der Waals surface area contributed by atoms with Crippen molar-refractivity contribution in [3.8, 4) is 0 Å². The highest BCUT2D eigenvalue weighted by molar-refractivity contribution is 5.79. The lowest BCUT2D eigenvalue weighted by Gasteiger charge is -2.42. The van der Waals surface area contributed by atoms with Crippen molar-refractivity contribution < 1.29 is 14.3 Å². The monoisotopic (exact) mass is 424 g/mol. The number of nitrogens with zero attached hydrogens (tertiary/aromatic N) is 1. The van der Waals surface area contributed by atoms with Gasteiger partial charge in [0.05, 0.1) is 6.61 Å². The number of nitrogens with two attached hydrogens (primary N) is 2. The Kier molecular flexibility index (Phi) is 10.9. The highest BCUT2D eigenvalue weighted by Gasteiger charge is 2.38. The molecule has 0 bridgehead atoms. The quantitative estimate of drug-likeness (QED) is 0.0789. The lowest BCUT2D eigenvalue weighted by atomic mass is 9.69. The molecule has 0 aromatic carbocycles. The molecule has 9 nitrogen and oxygen atoms in total. The van der Waals surface area contributed by atoms with Gasteiger partial charge < -0.3 is 21.1 Å². The average molecular weight is 425 g/mol. The summed E-state index contributed by atoms with van der Waals surface area (Å²) >= 11 is 0. The van der Waals surface area contributed by atoms with E-state index < -0.39 is 0 Å². The molecule has 172 valence electrons. The second kappa shape index (κ2) is 13.4. The van der Waals surface area contributed by atoms with Crippen LogP contribution in [-0.4, -0.2) is 43.5 Å². The summed E-state index contributed by atoms with van der Waals surface area (Å²) in [6, 6.07) is -0.201. The molecule has 30 heavy (non-hydrogen) atoms. The van der Waals surface area contributed by atoms with Gasteiger partial charge in [0.25, 0.3) is 0 Å². The standard InChI is InChI=1S/C21H40N6O3/c1-2-24-20(28)6-4-3-5-11-30-21(29)18-13-17-12-15(7-9-16(17)14-25-18)8-10-19(22)26-27-23/h15-18,25,27H,2-14,23H2,1H3,(H2,22,26)(H,24,28). The molecule has 0 spiro atoms. The smallest absolute Gasteiger partial charge is 0.323 e. The third-order valence-corrected chi connectivity index (χ3v) is 6.38. The van der Waals surface area contributed by atoms with Gasteiger partial charge in [-0.15, -0.1) is 0 Å². The molecule has 1 aliphatic carbocycles. The zero-order chi connectivity index (χ0) is 21.8. The minimum atomic E-state index is -0.201. The van der Waals surface area contributed by atoms with Crippen molar-refractivity contribution in [3.05, 3.63) is 0 Å². The number of hydrazone groups is 1. The molecular formula is C21H40N6O3. The maximum atomic E-state index is 12.5. The highest BCUT2D eigenvalue weighted by Crippen LogP contribution is 2.40. The van der Waals surface area contributed by atoms with Crippen molar-refractivity contribution in [1.29, 1.82) is 0 Å². The lowest BCUT2D eigenvalue weighted by molar-refractivity contribution is -0.148. The van der Waals surface area contributed by atoms with Crippen molar-refractivity contribution >= 4 is 17.7 Å². The Labute approximate surface area is 180 Å². The van der Waals surface area contributed by atoms with Gasteiger partial charge in [-0.25, -0.2) is 11.4 Å². The Morgan fingerprint density at radius 1 is 1.13 bits per heavy atom. The maximum Gasteiger partial charge on any atom is 0.323 e. The van der Waals surface area contributed by atoms with Crippen LogP contribution in [0.15, 0.2) is 5.10 Å². The van der Waals surface area contributed by atoms with E-state index in [2.05, 4.69) is 21.3 Å². The number of unbranched alkanes of at least 4 members (excludes halogenated alkanes) is 2. The number of piperidine rings is 1. The van der Waals surface area contributed by atoms with Crippen LogP contribution in [0.5, 0.6) is 0 Å². The largest absolute Gasteiger partial charge is 0.465 e. The van der Waals surface area contributed by atoms with Crippen LogP contribution in [0.25, 0.3) is 0 Å². The van der Waals surface area contributed by atoms with Gasteiger partial charge in [0.2, 0.25) is 5.91 Å². The number of esters is 1. The van der Waals surface area contributed by atoms with Crippen LogP contribution < -0.4 is 27.7 Å². The highest BCUT2D eigenvalue weighted by atomic mass is 16.5. The molecule has 0 radical (unpaired) electrons. The van der Waals surface area contributed by atoms with E-state index in [1.54, 1.807) is 0 Å². The predicted molar refractivity (Wildman–Crippen MR) is 117 cm³/mol. The predicted octanol–water partition coefficient (Wildman–Crippen LogP) is 1.14. The van der Waals surface area contributed by atoms with Gasteiger partial charge in [0.1, 0.15) is 11.9 Å². The summed E-state index contributed by atoms with van der Waals surface area (Å²) in [5.74, 6) is 7.49. The molecule has 1 aliphatic heterocycles. The number of amides is 1. The molecule has 4 atom stereocenters. The van der Waals surface area contributed by atoms with Crippen molar-refractivity contribution in [2.45, 2.75) is 77.2 Å². The fourth-order valence-corrected chi connectivity index (χ4v) is 4.72. The number of carbonyl (C=O) groups excluding carboxylic acids is 2. The SMILES string of the molecule is CCNC(=O)CCCCCOC(=O)C1CC2CC(CC/C(N)=N/NN)CCC2CN1. The minimum absolute atomic E-state index is 0.0901. The Morgan fingerprint density at radius 3 is 2.73 bits per heavy atom. The Morgan fingerprint density at radius 2 is 1.97 bits per heavy atom. The zero-order valence-electron chi connectivity index (χ0n) is 18.3. The lowest BCUT2D eigenvalue weighted by Crippen LogP contribution is -2.50. The molecule has 4 unspecified atom stereocenters. The summed E-state index contributed by atoms with van der Waals surface area (Å²) in [5.41, 5.74) is 8.06. The first-order valence-corrected chi connectivity index (χ1v) is 11.5. The summed E-state index contributed by atoms with van der Waals surface area (Å²) in [6.07, 6.45) is 9.20. The summed E-state index contributed by atoms with van der Waals surface area (Å²) in [4.78, 5) is 23.9. The third kappa shape index (κ3) is 8.47. The first-order valence-electron chi connectivity index (χ1n) is 11.5. The van der Waals surface area contributed by atoms with E-state index in [0.717, 1.165) is 51.5 Å². The summed E-state index contributed by atoms with van der Waals surface area (Å²) in [7, 11) is 0. The number of hydrazine groups is 1. The third-order valence-electron chi connectivity index (χ3n) is 6.38. The number of ether oxygens (including phenoxy) is 1. The van der Waals surface area contributed by atoms with Crippen LogP contribution in [0.1, 0.15) is 71.1 Å². The van der Waals surface area contributed by atoms with Gasteiger partial charge in [-0.05, 0) is 76.2 Å². The number of nitrogens with one attached hydrogen (secondary N) is 3. The normalized spacial score (nSPS) is 26.5. The van der Waals surface area contributed by atoms with Crippen LogP contribution >= 0.6 is 0 Å². The van der Waals surface area contributed by atoms with Gasteiger partial charge in [0.15, 0.2) is 0 Å². The van der Waals surface area contributed by atoms with E-state index in [1.807, 2.05) is 6.92 Å². The van der Waals surface area contributed by atoms with Gasteiger partial charge in [-0.2, -0.15) is 5.10 Å². The molecule has 0 aromatic rings. The molecule has 1 amide bonds. The summed E-state index contributed by atoms with van der Waals surface area (Å²) in [6.45, 7) is 3.90. The van der Waals surface area contributed by atoms with E-state index in [-0.39, 0.29) is 17.9 Å². The summed E-state index contributed by atoms with van der Waals surface area (Å²) < 4.78 is 5.50. The van der Waals surface area contributed by atoms with E-state index >= 15 is 0 Å². The van der Waals surface area contributed by atoms with Gasteiger partial charge in [0, 0.05) is 19.4 Å².